The maximum atomic E-state index is 12.8. The van der Waals surface area contributed by atoms with Crippen LogP contribution in [-0.2, 0) is 0 Å². The van der Waals surface area contributed by atoms with Gasteiger partial charge in [0, 0.05) is 18.3 Å². The van der Waals surface area contributed by atoms with Crippen LogP contribution in [-0.4, -0.2) is 28.4 Å². The van der Waals surface area contributed by atoms with Gasteiger partial charge in [-0.2, -0.15) is 0 Å². The molecule has 1 aromatic rings. The van der Waals surface area contributed by atoms with Crippen molar-refractivity contribution in [1.29, 1.82) is 0 Å². The number of hydrogen-bond donors (Lipinski definition) is 1. The summed E-state index contributed by atoms with van der Waals surface area (Å²) < 4.78 is 0. The predicted molar refractivity (Wildman–Crippen MR) is 82.4 cm³/mol. The lowest BCUT2D eigenvalue weighted by Crippen LogP contribution is -2.51. The average Bonchev–Trinajstić information content (AvgIpc) is 2.45. The fraction of sp³-hybridized carbons (Fsp3) is 0.647. The van der Waals surface area contributed by atoms with E-state index in [4.69, 9.17) is 0 Å². The highest BCUT2D eigenvalue weighted by molar-refractivity contribution is 5.94. The fourth-order valence-electron chi connectivity index (χ4n) is 4.04. The van der Waals surface area contributed by atoms with Gasteiger partial charge in [-0.1, -0.05) is 6.92 Å². The molecule has 3 rings (SSSR count). The van der Waals surface area contributed by atoms with Crippen LogP contribution in [0.15, 0.2) is 16.9 Å². The van der Waals surface area contributed by atoms with Crippen molar-refractivity contribution >= 4 is 5.91 Å². The highest BCUT2D eigenvalue weighted by Gasteiger charge is 2.38. The molecule has 21 heavy (non-hydrogen) atoms. The Bertz CT molecular complexity index is 593. The van der Waals surface area contributed by atoms with Crippen LogP contribution in [0.3, 0.4) is 0 Å². The Morgan fingerprint density at radius 3 is 2.86 bits per heavy atom. The van der Waals surface area contributed by atoms with Crippen LogP contribution in [0, 0.1) is 18.8 Å². The number of piperidine rings is 1. The third-order valence-corrected chi connectivity index (χ3v) is 5.13. The van der Waals surface area contributed by atoms with Crippen molar-refractivity contribution in [3.8, 4) is 0 Å². The van der Waals surface area contributed by atoms with E-state index in [1.165, 1.54) is 19.3 Å². The second kappa shape index (κ2) is 5.66. The number of aromatic amines is 1. The Balaban J connectivity index is 1.85. The van der Waals surface area contributed by atoms with Crippen LogP contribution < -0.4 is 5.56 Å². The number of aryl methyl sites for hydroxylation is 1. The second-order valence-electron chi connectivity index (χ2n) is 6.77. The molecule has 0 spiro atoms. The maximum absolute atomic E-state index is 12.8. The van der Waals surface area contributed by atoms with Crippen LogP contribution in [0.2, 0.25) is 0 Å². The number of carbonyl (C=O) groups excluding carboxylic acids is 1. The molecule has 4 heteroatoms. The van der Waals surface area contributed by atoms with E-state index in [1.807, 2.05) is 11.8 Å². The second-order valence-corrected chi connectivity index (χ2v) is 6.77. The summed E-state index contributed by atoms with van der Waals surface area (Å²) in [6.07, 6.45) is 5.78. The first-order valence-electron chi connectivity index (χ1n) is 8.07. The van der Waals surface area contributed by atoms with Crippen molar-refractivity contribution in [2.75, 3.05) is 6.54 Å². The highest BCUT2D eigenvalue weighted by atomic mass is 16.2. The molecule has 0 radical (unpaired) electrons. The molecule has 1 amide bonds. The summed E-state index contributed by atoms with van der Waals surface area (Å²) in [4.78, 5) is 29.5. The molecule has 1 N–H and O–H groups in total. The standard InChI is InChI=1S/C17H24N2O2/c1-11-5-8-15-13(10-11)4-3-9-19(15)17(21)14-7-6-12(2)18-16(14)20/h6-7,11,13,15H,3-5,8-10H2,1-2H3,(H,18,20)/t11-,13+,15-/m0/s1. The monoisotopic (exact) mass is 288 g/mol. The van der Waals surface area contributed by atoms with Gasteiger partial charge < -0.3 is 9.88 Å². The van der Waals surface area contributed by atoms with Crippen LogP contribution in [0.25, 0.3) is 0 Å². The van der Waals surface area contributed by atoms with Gasteiger partial charge in [-0.3, -0.25) is 9.59 Å². The highest BCUT2D eigenvalue weighted by Crippen LogP contribution is 2.38. The number of hydrogen-bond acceptors (Lipinski definition) is 2. The molecule has 1 aromatic heterocycles. The summed E-state index contributed by atoms with van der Waals surface area (Å²) in [6, 6.07) is 3.81. The van der Waals surface area contributed by atoms with E-state index < -0.39 is 0 Å². The van der Waals surface area contributed by atoms with Crippen molar-refractivity contribution in [3.05, 3.63) is 33.7 Å². The van der Waals surface area contributed by atoms with Crippen LogP contribution >= 0.6 is 0 Å². The van der Waals surface area contributed by atoms with Crippen LogP contribution in [0.5, 0.6) is 0 Å². The van der Waals surface area contributed by atoms with E-state index in [9.17, 15) is 9.59 Å². The number of fused-ring (bicyclic) bond motifs is 1. The van der Waals surface area contributed by atoms with E-state index in [-0.39, 0.29) is 11.5 Å². The lowest BCUT2D eigenvalue weighted by Gasteiger charge is -2.45. The van der Waals surface area contributed by atoms with Crippen molar-refractivity contribution in [2.24, 2.45) is 11.8 Å². The van der Waals surface area contributed by atoms with Gasteiger partial charge in [0.2, 0.25) is 0 Å². The topological polar surface area (TPSA) is 53.2 Å². The first kappa shape index (κ1) is 14.4. The summed E-state index contributed by atoms with van der Waals surface area (Å²) >= 11 is 0. The third-order valence-electron chi connectivity index (χ3n) is 5.13. The lowest BCUT2D eigenvalue weighted by molar-refractivity contribution is 0.0320. The molecule has 1 aliphatic heterocycles. The fourth-order valence-corrected chi connectivity index (χ4v) is 4.04. The molecule has 114 valence electrons. The normalized spacial score (nSPS) is 29.0. The zero-order valence-electron chi connectivity index (χ0n) is 12.9. The van der Waals surface area contributed by atoms with Gasteiger partial charge in [-0.15, -0.1) is 0 Å². The zero-order chi connectivity index (χ0) is 15.0. The average molecular weight is 288 g/mol. The number of aromatic nitrogens is 1. The molecule has 2 aliphatic rings. The maximum Gasteiger partial charge on any atom is 0.260 e. The summed E-state index contributed by atoms with van der Waals surface area (Å²) in [5.74, 6) is 1.31. The molecule has 1 saturated carbocycles. The minimum atomic E-state index is -0.258. The molecule has 1 aliphatic carbocycles. The number of pyridine rings is 1. The van der Waals surface area contributed by atoms with Gasteiger partial charge in [0.1, 0.15) is 5.56 Å². The molecule has 0 aromatic carbocycles. The van der Waals surface area contributed by atoms with Crippen molar-refractivity contribution in [1.82, 2.24) is 9.88 Å². The Morgan fingerprint density at radius 1 is 1.29 bits per heavy atom. The number of H-pyrrole nitrogens is 1. The quantitative estimate of drug-likeness (QED) is 0.864. The third kappa shape index (κ3) is 2.76. The number of likely N-dealkylation sites (tertiary alicyclic amines) is 1. The van der Waals surface area contributed by atoms with E-state index in [0.29, 0.717) is 17.5 Å². The Morgan fingerprint density at radius 2 is 2.10 bits per heavy atom. The smallest absolute Gasteiger partial charge is 0.260 e. The minimum Gasteiger partial charge on any atom is -0.335 e. The van der Waals surface area contributed by atoms with E-state index >= 15 is 0 Å². The molecular weight excluding hydrogens is 264 g/mol. The number of carbonyl (C=O) groups is 1. The molecule has 2 fully saturated rings. The van der Waals surface area contributed by atoms with Gasteiger partial charge in [-0.25, -0.2) is 0 Å². The van der Waals surface area contributed by atoms with Crippen molar-refractivity contribution in [3.63, 3.8) is 0 Å². The molecule has 0 unspecified atom stereocenters. The van der Waals surface area contributed by atoms with Gasteiger partial charge in [0.15, 0.2) is 0 Å². The number of amides is 1. The summed E-state index contributed by atoms with van der Waals surface area (Å²) in [6.45, 7) is 4.93. The lowest BCUT2D eigenvalue weighted by atomic mass is 9.74. The van der Waals surface area contributed by atoms with Gasteiger partial charge in [0.05, 0.1) is 0 Å². The molecule has 0 bridgehead atoms. The van der Waals surface area contributed by atoms with Gasteiger partial charge >= 0.3 is 0 Å². The number of nitrogens with one attached hydrogen (secondary N) is 1. The predicted octanol–water partition coefficient (Wildman–Crippen LogP) is 2.72. The largest absolute Gasteiger partial charge is 0.335 e. The molecule has 3 atom stereocenters. The van der Waals surface area contributed by atoms with Gasteiger partial charge in [-0.05, 0) is 63.0 Å². The van der Waals surface area contributed by atoms with E-state index in [0.717, 1.165) is 31.0 Å². The number of nitrogens with zero attached hydrogens (tertiary/aromatic N) is 1. The molecule has 2 heterocycles. The summed E-state index contributed by atoms with van der Waals surface area (Å²) in [7, 11) is 0. The Labute approximate surface area is 125 Å². The molecule has 4 nitrogen and oxygen atoms in total. The molecule has 1 saturated heterocycles. The number of rotatable bonds is 1. The van der Waals surface area contributed by atoms with Crippen molar-refractivity contribution in [2.45, 2.75) is 52.0 Å². The first-order chi connectivity index (χ1) is 10.1. The summed E-state index contributed by atoms with van der Waals surface area (Å²) in [5.41, 5.74) is 0.825. The summed E-state index contributed by atoms with van der Waals surface area (Å²) in [5, 5.41) is 0. The zero-order valence-corrected chi connectivity index (χ0v) is 12.9. The Hall–Kier alpha value is -1.58. The minimum absolute atomic E-state index is 0.0829. The van der Waals surface area contributed by atoms with E-state index in [2.05, 4.69) is 11.9 Å². The Kier molecular flexibility index (Phi) is 3.87. The SMILES string of the molecule is Cc1ccc(C(=O)N2CCC[C@@H]3C[C@@H](C)CC[C@@H]32)c(=O)[nH]1. The van der Waals surface area contributed by atoms with Crippen LogP contribution in [0.1, 0.15) is 55.1 Å². The van der Waals surface area contributed by atoms with Crippen molar-refractivity contribution < 1.29 is 4.79 Å². The van der Waals surface area contributed by atoms with Crippen LogP contribution in [0.4, 0.5) is 0 Å². The first-order valence-corrected chi connectivity index (χ1v) is 8.07. The molecular formula is C17H24N2O2. The van der Waals surface area contributed by atoms with E-state index in [1.54, 1.807) is 12.1 Å². The van der Waals surface area contributed by atoms with Gasteiger partial charge in [0.25, 0.3) is 11.5 Å².